The number of rotatable bonds is 16. The standard InChI is InChI=1S/C24H41N5O2/c1-6-8-15-31-23(28-24(25)19(3)27-5)11-12-29(13-14-30)18-20-9-10-22(17-26-4)21(7-2)16-20/h9-12,14,16,23,26-28H,6-8,13,15,17-18,25H2,1-5H3/b12-11+,24-19+. The summed E-state index contributed by atoms with van der Waals surface area (Å²) in [4.78, 5) is 13.2. The van der Waals surface area contributed by atoms with Gasteiger partial charge in [0.15, 0.2) is 0 Å². The van der Waals surface area contributed by atoms with Crippen molar-refractivity contribution >= 4 is 6.29 Å². The number of benzene rings is 1. The average molecular weight is 432 g/mol. The first kappa shape index (κ1) is 26.5. The predicted octanol–water partition coefficient (Wildman–Crippen LogP) is 2.58. The van der Waals surface area contributed by atoms with E-state index in [1.54, 1.807) is 0 Å². The zero-order valence-corrected chi connectivity index (χ0v) is 19.8. The SMILES string of the molecule is CCCCOC(/C=C/N(CC=O)Cc1ccc(CNC)c(CC)c1)N/C(N)=C(\C)NC. The van der Waals surface area contributed by atoms with E-state index in [2.05, 4.69) is 48.0 Å². The Morgan fingerprint density at radius 3 is 2.65 bits per heavy atom. The van der Waals surface area contributed by atoms with E-state index >= 15 is 0 Å². The minimum absolute atomic E-state index is 0.304. The van der Waals surface area contributed by atoms with Crippen LogP contribution in [-0.2, 0) is 29.0 Å². The molecule has 0 saturated heterocycles. The lowest BCUT2D eigenvalue weighted by Gasteiger charge is -2.22. The molecule has 0 saturated carbocycles. The van der Waals surface area contributed by atoms with Gasteiger partial charge >= 0.3 is 0 Å². The van der Waals surface area contributed by atoms with Gasteiger partial charge in [-0.15, -0.1) is 0 Å². The van der Waals surface area contributed by atoms with Crippen LogP contribution >= 0.6 is 0 Å². The second-order valence-electron chi connectivity index (χ2n) is 7.50. The number of aryl methyl sites for hydroxylation is 1. The van der Waals surface area contributed by atoms with E-state index in [1.165, 1.54) is 16.7 Å². The van der Waals surface area contributed by atoms with Crippen molar-refractivity contribution in [2.75, 3.05) is 27.2 Å². The molecule has 7 nitrogen and oxygen atoms in total. The Morgan fingerprint density at radius 1 is 1.26 bits per heavy atom. The van der Waals surface area contributed by atoms with Crippen LogP contribution in [0.5, 0.6) is 0 Å². The number of carbonyl (C=O) groups is 1. The van der Waals surface area contributed by atoms with Crippen LogP contribution in [0.15, 0.2) is 42.0 Å². The fraction of sp³-hybridized carbons (Fsp3) is 0.542. The molecule has 0 aliphatic heterocycles. The highest BCUT2D eigenvalue weighted by Gasteiger charge is 2.09. The summed E-state index contributed by atoms with van der Waals surface area (Å²) in [6.07, 6.45) is 7.35. The number of allylic oxidation sites excluding steroid dienone is 1. The van der Waals surface area contributed by atoms with Gasteiger partial charge in [-0.2, -0.15) is 0 Å². The van der Waals surface area contributed by atoms with Gasteiger partial charge in [-0.1, -0.05) is 38.5 Å². The quantitative estimate of drug-likeness (QED) is 0.182. The molecule has 0 aliphatic carbocycles. The van der Waals surface area contributed by atoms with Crippen LogP contribution in [0.4, 0.5) is 0 Å². The third-order valence-corrected chi connectivity index (χ3v) is 5.06. The highest BCUT2D eigenvalue weighted by molar-refractivity contribution is 5.52. The zero-order valence-electron chi connectivity index (χ0n) is 19.8. The van der Waals surface area contributed by atoms with Gasteiger partial charge in [-0.25, -0.2) is 0 Å². The fourth-order valence-electron chi connectivity index (χ4n) is 3.07. The molecule has 1 atom stereocenters. The predicted molar refractivity (Wildman–Crippen MR) is 128 cm³/mol. The van der Waals surface area contributed by atoms with E-state index in [0.29, 0.717) is 25.5 Å². The molecule has 0 spiro atoms. The maximum Gasteiger partial charge on any atom is 0.149 e. The van der Waals surface area contributed by atoms with Gasteiger partial charge < -0.3 is 36.1 Å². The van der Waals surface area contributed by atoms with Crippen LogP contribution in [0.2, 0.25) is 0 Å². The Balaban J connectivity index is 2.96. The highest BCUT2D eigenvalue weighted by atomic mass is 16.5. The number of nitrogens with zero attached hydrogens (tertiary/aromatic N) is 1. The molecule has 5 N–H and O–H groups in total. The molecule has 1 aromatic carbocycles. The van der Waals surface area contributed by atoms with Crippen LogP contribution in [0.3, 0.4) is 0 Å². The first-order valence-corrected chi connectivity index (χ1v) is 11.1. The third-order valence-electron chi connectivity index (χ3n) is 5.06. The molecular weight excluding hydrogens is 390 g/mol. The summed E-state index contributed by atoms with van der Waals surface area (Å²) in [6.45, 7) is 8.62. The lowest BCUT2D eigenvalue weighted by Crippen LogP contribution is -2.36. The number of nitrogens with one attached hydrogen (secondary N) is 3. The molecule has 1 aromatic rings. The first-order valence-electron chi connectivity index (χ1n) is 11.1. The summed E-state index contributed by atoms with van der Waals surface area (Å²) >= 11 is 0. The zero-order chi connectivity index (χ0) is 23.1. The normalized spacial score (nSPS) is 13.1. The van der Waals surface area contributed by atoms with Crippen molar-refractivity contribution in [3.63, 3.8) is 0 Å². The number of ether oxygens (including phenoxy) is 1. The van der Waals surface area contributed by atoms with E-state index in [0.717, 1.165) is 37.8 Å². The van der Waals surface area contributed by atoms with Crippen molar-refractivity contribution in [3.05, 3.63) is 58.7 Å². The monoisotopic (exact) mass is 431 g/mol. The number of hydrogen-bond donors (Lipinski definition) is 4. The van der Waals surface area contributed by atoms with E-state index in [-0.39, 0.29) is 6.23 Å². The van der Waals surface area contributed by atoms with E-state index < -0.39 is 0 Å². The Labute approximate surface area is 188 Å². The van der Waals surface area contributed by atoms with Crippen molar-refractivity contribution in [1.82, 2.24) is 20.9 Å². The molecule has 0 aliphatic rings. The molecule has 0 amide bonds. The summed E-state index contributed by atoms with van der Waals surface area (Å²) in [7, 11) is 3.78. The summed E-state index contributed by atoms with van der Waals surface area (Å²) in [6, 6.07) is 6.52. The summed E-state index contributed by atoms with van der Waals surface area (Å²) in [5.74, 6) is 0.531. The van der Waals surface area contributed by atoms with Crippen molar-refractivity contribution in [2.45, 2.75) is 59.4 Å². The van der Waals surface area contributed by atoms with E-state index in [1.807, 2.05) is 38.2 Å². The lowest BCUT2D eigenvalue weighted by atomic mass is 10.0. The fourth-order valence-corrected chi connectivity index (χ4v) is 3.07. The van der Waals surface area contributed by atoms with E-state index in [4.69, 9.17) is 10.5 Å². The number of carbonyl (C=O) groups excluding carboxylic acids is 1. The van der Waals surface area contributed by atoms with Crippen molar-refractivity contribution < 1.29 is 9.53 Å². The summed E-state index contributed by atoms with van der Waals surface area (Å²) in [5.41, 5.74) is 10.8. The molecule has 7 heteroatoms. The first-order chi connectivity index (χ1) is 15.0. The molecule has 0 bridgehead atoms. The highest BCUT2D eigenvalue weighted by Crippen LogP contribution is 2.15. The van der Waals surface area contributed by atoms with Crippen LogP contribution in [0.1, 0.15) is 50.3 Å². The van der Waals surface area contributed by atoms with Gasteiger partial charge in [-0.3, -0.25) is 0 Å². The third kappa shape index (κ3) is 9.89. The maximum absolute atomic E-state index is 11.3. The number of hydrogen-bond acceptors (Lipinski definition) is 7. The van der Waals surface area contributed by atoms with Crippen molar-refractivity contribution in [2.24, 2.45) is 5.73 Å². The van der Waals surface area contributed by atoms with Crippen molar-refractivity contribution in [3.8, 4) is 0 Å². The number of nitrogens with two attached hydrogens (primary N) is 1. The van der Waals surface area contributed by atoms with Crippen LogP contribution < -0.4 is 21.7 Å². The molecule has 174 valence electrons. The second kappa shape index (κ2) is 15.3. The Kier molecular flexibility index (Phi) is 13.1. The molecule has 0 radical (unpaired) electrons. The van der Waals surface area contributed by atoms with Gasteiger partial charge in [0.1, 0.15) is 18.3 Å². The van der Waals surface area contributed by atoms with Crippen LogP contribution in [-0.4, -0.2) is 44.7 Å². The van der Waals surface area contributed by atoms with E-state index in [9.17, 15) is 4.79 Å². The average Bonchev–Trinajstić information content (AvgIpc) is 2.77. The molecule has 31 heavy (non-hydrogen) atoms. The molecule has 1 rings (SSSR count). The topological polar surface area (TPSA) is 91.7 Å². The van der Waals surface area contributed by atoms with Crippen LogP contribution in [0.25, 0.3) is 0 Å². The lowest BCUT2D eigenvalue weighted by molar-refractivity contribution is -0.108. The minimum atomic E-state index is -0.381. The summed E-state index contributed by atoms with van der Waals surface area (Å²) < 4.78 is 5.94. The Morgan fingerprint density at radius 2 is 2.03 bits per heavy atom. The van der Waals surface area contributed by atoms with Gasteiger partial charge in [0.25, 0.3) is 0 Å². The van der Waals surface area contributed by atoms with Gasteiger partial charge in [0.05, 0.1) is 6.54 Å². The van der Waals surface area contributed by atoms with Crippen molar-refractivity contribution in [1.29, 1.82) is 0 Å². The molecule has 0 heterocycles. The smallest absolute Gasteiger partial charge is 0.149 e. The second-order valence-corrected chi connectivity index (χ2v) is 7.50. The number of unbranched alkanes of at least 4 members (excludes halogenated alkanes) is 1. The minimum Gasteiger partial charge on any atom is -0.389 e. The van der Waals surface area contributed by atoms with Gasteiger partial charge in [0, 0.05) is 38.6 Å². The largest absolute Gasteiger partial charge is 0.389 e. The number of aldehydes is 1. The maximum atomic E-state index is 11.3. The Bertz CT molecular complexity index is 718. The van der Waals surface area contributed by atoms with Gasteiger partial charge in [0.2, 0.25) is 0 Å². The molecular formula is C24H41N5O2. The van der Waals surface area contributed by atoms with Crippen LogP contribution in [0, 0.1) is 0 Å². The van der Waals surface area contributed by atoms with Gasteiger partial charge in [-0.05, 0) is 49.6 Å². The molecule has 0 aromatic heterocycles. The molecule has 0 fully saturated rings. The summed E-state index contributed by atoms with van der Waals surface area (Å²) in [5, 5.41) is 9.44. The Hall–Kier alpha value is -2.51. The molecule has 1 unspecified atom stereocenters.